The van der Waals surface area contributed by atoms with E-state index in [-0.39, 0.29) is 11.3 Å². The molecule has 5 fully saturated rings. The fraction of sp³-hybridized carbons (Fsp3) is 0.700. The lowest BCUT2D eigenvalue weighted by Crippen LogP contribution is -2.49. The first kappa shape index (κ1) is 14.0. The van der Waals surface area contributed by atoms with Gasteiger partial charge in [0.25, 0.3) is 5.91 Å². The Morgan fingerprint density at radius 2 is 1.65 bits per heavy atom. The molecule has 0 atom stereocenters. The van der Waals surface area contributed by atoms with E-state index in [2.05, 4.69) is 6.07 Å². The van der Waals surface area contributed by atoms with Crippen LogP contribution in [0.5, 0.6) is 0 Å². The molecular weight excluding hydrogens is 284 g/mol. The molecule has 1 aromatic heterocycles. The highest BCUT2D eigenvalue weighted by molar-refractivity contribution is 5.94. The van der Waals surface area contributed by atoms with Crippen molar-refractivity contribution in [1.82, 2.24) is 9.88 Å². The van der Waals surface area contributed by atoms with Crippen molar-refractivity contribution in [2.24, 2.45) is 17.8 Å². The van der Waals surface area contributed by atoms with Gasteiger partial charge in [0.15, 0.2) is 0 Å². The number of amides is 1. The number of nitrogens with zero attached hydrogens (tertiary/aromatic N) is 2. The van der Waals surface area contributed by atoms with E-state index < -0.39 is 0 Å². The number of carbonyl (C=O) groups excluding carboxylic acids is 1. The number of hydrogen-bond acceptors (Lipinski definition) is 2. The molecule has 1 aliphatic heterocycles. The van der Waals surface area contributed by atoms with Gasteiger partial charge in [-0.3, -0.25) is 9.78 Å². The maximum absolute atomic E-state index is 12.7. The minimum Gasteiger partial charge on any atom is -0.339 e. The van der Waals surface area contributed by atoms with Crippen molar-refractivity contribution >= 4 is 5.91 Å². The fourth-order valence-electron chi connectivity index (χ4n) is 6.38. The quantitative estimate of drug-likeness (QED) is 0.833. The molecule has 4 bridgehead atoms. The van der Waals surface area contributed by atoms with Crippen LogP contribution in [0.4, 0.5) is 0 Å². The van der Waals surface area contributed by atoms with Gasteiger partial charge in [0.2, 0.25) is 0 Å². The van der Waals surface area contributed by atoms with Crippen LogP contribution in [0.25, 0.3) is 0 Å². The standard InChI is InChI=1S/C20H26N2O/c23-19(22-5-1-2-6-22)17-3-4-21-18(10-17)20-11-14-7-15(12-20)9-16(8-14)13-20/h3-4,10,14-16H,1-2,5-9,11-13H2. The zero-order valence-electron chi connectivity index (χ0n) is 13.8. The highest BCUT2D eigenvalue weighted by Gasteiger charge is 2.52. The van der Waals surface area contributed by atoms with Crippen molar-refractivity contribution in [3.63, 3.8) is 0 Å². The maximum Gasteiger partial charge on any atom is 0.253 e. The van der Waals surface area contributed by atoms with Gasteiger partial charge < -0.3 is 4.90 Å². The Labute approximate surface area is 138 Å². The van der Waals surface area contributed by atoms with Crippen LogP contribution in [-0.2, 0) is 5.41 Å². The van der Waals surface area contributed by atoms with Crippen molar-refractivity contribution in [1.29, 1.82) is 0 Å². The van der Waals surface area contributed by atoms with Crippen molar-refractivity contribution < 1.29 is 4.79 Å². The molecule has 3 nitrogen and oxygen atoms in total. The number of carbonyl (C=O) groups is 1. The van der Waals surface area contributed by atoms with E-state index in [1.165, 1.54) is 44.2 Å². The predicted octanol–water partition coefficient (Wildman–Crippen LogP) is 3.79. The van der Waals surface area contributed by atoms with Gasteiger partial charge in [0, 0.05) is 36.0 Å². The molecule has 1 saturated heterocycles. The summed E-state index contributed by atoms with van der Waals surface area (Å²) in [5.41, 5.74) is 2.38. The first-order valence-electron chi connectivity index (χ1n) is 9.48. The molecule has 1 amide bonds. The van der Waals surface area contributed by atoms with Gasteiger partial charge in [-0.1, -0.05) is 0 Å². The van der Waals surface area contributed by atoms with Crippen LogP contribution in [0.3, 0.4) is 0 Å². The summed E-state index contributed by atoms with van der Waals surface area (Å²) < 4.78 is 0. The summed E-state index contributed by atoms with van der Waals surface area (Å²) in [7, 11) is 0. The van der Waals surface area contributed by atoms with Crippen LogP contribution in [0.15, 0.2) is 18.3 Å². The number of rotatable bonds is 2. The normalized spacial score (nSPS) is 38.3. The topological polar surface area (TPSA) is 33.2 Å². The molecule has 4 aliphatic carbocycles. The van der Waals surface area contributed by atoms with E-state index in [0.717, 1.165) is 49.2 Å². The number of aromatic nitrogens is 1. The van der Waals surface area contributed by atoms with E-state index >= 15 is 0 Å². The van der Waals surface area contributed by atoms with E-state index in [9.17, 15) is 4.79 Å². The van der Waals surface area contributed by atoms with E-state index in [1.54, 1.807) is 0 Å². The number of hydrogen-bond donors (Lipinski definition) is 0. The number of pyridine rings is 1. The Balaban J connectivity index is 1.47. The molecule has 0 aromatic carbocycles. The van der Waals surface area contributed by atoms with Crippen LogP contribution in [0.1, 0.15) is 67.4 Å². The van der Waals surface area contributed by atoms with E-state index in [4.69, 9.17) is 4.98 Å². The average molecular weight is 310 g/mol. The van der Waals surface area contributed by atoms with Crippen LogP contribution in [-0.4, -0.2) is 28.9 Å². The van der Waals surface area contributed by atoms with E-state index in [0.29, 0.717) is 0 Å². The SMILES string of the molecule is O=C(c1ccnc(C23CC4CC(CC(C4)C2)C3)c1)N1CCCC1. The molecule has 5 aliphatic rings. The van der Waals surface area contributed by atoms with Gasteiger partial charge in [0.1, 0.15) is 0 Å². The van der Waals surface area contributed by atoms with Crippen molar-refractivity contribution in [3.8, 4) is 0 Å². The Bertz CT molecular complexity index is 597. The molecule has 2 heterocycles. The van der Waals surface area contributed by atoms with Gasteiger partial charge in [-0.05, 0) is 81.3 Å². The van der Waals surface area contributed by atoms with Crippen LogP contribution in [0, 0.1) is 17.8 Å². The van der Waals surface area contributed by atoms with E-state index in [1.807, 2.05) is 17.2 Å². The Morgan fingerprint density at radius 1 is 1.04 bits per heavy atom. The summed E-state index contributed by atoms with van der Waals surface area (Å²) in [5.74, 6) is 2.97. The minimum atomic E-state index is 0.218. The first-order chi connectivity index (χ1) is 11.2. The van der Waals surface area contributed by atoms with Gasteiger partial charge in [-0.15, -0.1) is 0 Å². The molecule has 0 spiro atoms. The third-order valence-electron chi connectivity index (χ3n) is 6.98. The molecule has 0 N–H and O–H groups in total. The summed E-state index contributed by atoms with van der Waals surface area (Å²) in [4.78, 5) is 19.5. The lowest BCUT2D eigenvalue weighted by Gasteiger charge is -2.56. The minimum absolute atomic E-state index is 0.218. The van der Waals surface area contributed by atoms with Crippen LogP contribution in [0.2, 0.25) is 0 Å². The Hall–Kier alpha value is -1.38. The maximum atomic E-state index is 12.7. The van der Waals surface area contributed by atoms with Gasteiger partial charge in [0.05, 0.1) is 0 Å². The van der Waals surface area contributed by atoms with Gasteiger partial charge >= 0.3 is 0 Å². The third-order valence-corrected chi connectivity index (χ3v) is 6.98. The van der Waals surface area contributed by atoms with Gasteiger partial charge in [-0.2, -0.15) is 0 Å². The summed E-state index contributed by atoms with van der Waals surface area (Å²) in [6.45, 7) is 1.85. The first-order valence-corrected chi connectivity index (χ1v) is 9.48. The molecule has 3 heteroatoms. The zero-order chi connectivity index (χ0) is 15.4. The average Bonchev–Trinajstić information content (AvgIpc) is 3.07. The fourth-order valence-corrected chi connectivity index (χ4v) is 6.38. The predicted molar refractivity (Wildman–Crippen MR) is 89.2 cm³/mol. The molecular formula is C20H26N2O. The Morgan fingerprint density at radius 3 is 2.26 bits per heavy atom. The lowest BCUT2D eigenvalue weighted by molar-refractivity contribution is -0.00722. The van der Waals surface area contributed by atoms with Crippen LogP contribution < -0.4 is 0 Å². The molecule has 122 valence electrons. The summed E-state index contributed by atoms with van der Waals surface area (Å²) in [6, 6.07) is 4.07. The van der Waals surface area contributed by atoms with Crippen molar-refractivity contribution in [2.75, 3.05) is 13.1 Å². The van der Waals surface area contributed by atoms with Crippen molar-refractivity contribution in [3.05, 3.63) is 29.6 Å². The summed E-state index contributed by atoms with van der Waals surface area (Å²) >= 11 is 0. The summed E-state index contributed by atoms with van der Waals surface area (Å²) in [5, 5.41) is 0. The highest BCUT2D eigenvalue weighted by atomic mass is 16.2. The second-order valence-electron chi connectivity index (χ2n) is 8.63. The molecule has 1 aromatic rings. The second-order valence-corrected chi connectivity index (χ2v) is 8.63. The highest BCUT2D eigenvalue weighted by Crippen LogP contribution is 2.60. The number of likely N-dealkylation sites (tertiary alicyclic amines) is 1. The summed E-state index contributed by atoms with van der Waals surface area (Å²) in [6.07, 6.45) is 12.5. The largest absolute Gasteiger partial charge is 0.339 e. The molecule has 0 unspecified atom stereocenters. The molecule has 23 heavy (non-hydrogen) atoms. The zero-order valence-corrected chi connectivity index (χ0v) is 13.8. The lowest BCUT2D eigenvalue weighted by atomic mass is 9.48. The smallest absolute Gasteiger partial charge is 0.253 e. The van der Waals surface area contributed by atoms with Crippen LogP contribution >= 0.6 is 0 Å². The molecule has 6 rings (SSSR count). The molecule has 0 radical (unpaired) electrons. The Kier molecular flexibility index (Phi) is 3.08. The van der Waals surface area contributed by atoms with Crippen molar-refractivity contribution in [2.45, 2.75) is 56.8 Å². The molecule has 4 saturated carbocycles. The third kappa shape index (κ3) is 2.23. The van der Waals surface area contributed by atoms with Gasteiger partial charge in [-0.25, -0.2) is 0 Å². The second kappa shape index (κ2) is 5.06. The monoisotopic (exact) mass is 310 g/mol.